The van der Waals surface area contributed by atoms with Gasteiger partial charge in [-0.2, -0.15) is 0 Å². The molecule has 1 aromatic heterocycles. The minimum Gasteiger partial charge on any atom is -0.412 e. The first-order valence-corrected chi connectivity index (χ1v) is 4.34. The molecule has 2 aromatic rings. The summed E-state index contributed by atoms with van der Waals surface area (Å²) < 4.78 is 0. The lowest BCUT2D eigenvalue weighted by atomic mass is 10.2. The predicted octanol–water partition coefficient (Wildman–Crippen LogP) is -1.97. The van der Waals surface area contributed by atoms with E-state index in [1.54, 1.807) is 0 Å². The van der Waals surface area contributed by atoms with Crippen LogP contribution >= 0.6 is 11.6 Å². The van der Waals surface area contributed by atoms with Crippen LogP contribution in [0, 0.1) is 0 Å². The molecule has 0 aliphatic rings. The van der Waals surface area contributed by atoms with E-state index in [-0.39, 0.29) is 32.9 Å². The molecule has 0 atom stereocenters. The number of nitrogens with zero attached hydrogens (tertiary/aromatic N) is 1. The van der Waals surface area contributed by atoms with Gasteiger partial charge in [-0.05, 0) is 12.1 Å². The Hall–Kier alpha value is -1.32. The Kier molecular flexibility index (Phi) is 23.0. The zero-order valence-corrected chi connectivity index (χ0v) is 10.3. The Morgan fingerprint density at radius 1 is 0.778 bits per heavy atom. The van der Waals surface area contributed by atoms with Gasteiger partial charge in [0, 0.05) is 5.39 Å². The van der Waals surface area contributed by atoms with Gasteiger partial charge in [-0.25, -0.2) is 0 Å². The van der Waals surface area contributed by atoms with E-state index in [0.717, 1.165) is 16.6 Å². The summed E-state index contributed by atoms with van der Waals surface area (Å²) in [6.07, 6.45) is 0. The van der Waals surface area contributed by atoms with Gasteiger partial charge < -0.3 is 32.9 Å². The van der Waals surface area contributed by atoms with Crippen molar-refractivity contribution in [2.24, 2.45) is 0 Å². The molecule has 0 aliphatic heterocycles. The molecule has 0 unspecified atom stereocenters. The van der Waals surface area contributed by atoms with Crippen LogP contribution in [0.1, 0.15) is 5.69 Å². The standard InChI is InChI=1S/C10H8ClN.6H2O/c11-7-9-6-5-8-3-1-2-4-10(8)12-9;;;;;;/h1-6H,7H2;6*1H2. The molecule has 1 aromatic carbocycles. The molecule has 1 heterocycles. The highest BCUT2D eigenvalue weighted by Crippen LogP contribution is 2.12. The zero-order valence-electron chi connectivity index (χ0n) is 9.50. The Morgan fingerprint density at radius 3 is 1.89 bits per heavy atom. The zero-order chi connectivity index (χ0) is 8.39. The summed E-state index contributed by atoms with van der Waals surface area (Å²) in [7, 11) is 0. The molecular formula is C10H20ClNO6. The first kappa shape index (κ1) is 30.1. The van der Waals surface area contributed by atoms with Gasteiger partial charge in [0.1, 0.15) is 0 Å². The van der Waals surface area contributed by atoms with E-state index < -0.39 is 0 Å². The van der Waals surface area contributed by atoms with Crippen molar-refractivity contribution in [3.63, 3.8) is 0 Å². The average molecular weight is 286 g/mol. The van der Waals surface area contributed by atoms with Crippen LogP contribution in [0.15, 0.2) is 36.4 Å². The molecule has 8 heteroatoms. The van der Waals surface area contributed by atoms with Crippen molar-refractivity contribution in [3.05, 3.63) is 42.1 Å². The molecule has 7 nitrogen and oxygen atoms in total. The highest BCUT2D eigenvalue weighted by atomic mass is 35.5. The number of halogens is 1. The fourth-order valence-electron chi connectivity index (χ4n) is 1.18. The number of hydrogen-bond donors (Lipinski definition) is 0. The first-order valence-electron chi connectivity index (χ1n) is 3.81. The normalized spacial score (nSPS) is 6.94. The largest absolute Gasteiger partial charge is 0.412 e. The van der Waals surface area contributed by atoms with Crippen LogP contribution in [0.3, 0.4) is 0 Å². The lowest BCUT2D eigenvalue weighted by Crippen LogP contribution is -1.84. The summed E-state index contributed by atoms with van der Waals surface area (Å²) in [5.74, 6) is 0.477. The first-order chi connectivity index (χ1) is 5.90. The molecule has 0 bridgehead atoms. The van der Waals surface area contributed by atoms with Gasteiger partial charge >= 0.3 is 0 Å². The van der Waals surface area contributed by atoms with E-state index in [0.29, 0.717) is 5.88 Å². The van der Waals surface area contributed by atoms with Crippen LogP contribution in [0.5, 0.6) is 0 Å². The summed E-state index contributed by atoms with van der Waals surface area (Å²) in [4.78, 5) is 4.36. The third-order valence-electron chi connectivity index (χ3n) is 1.79. The van der Waals surface area contributed by atoms with Crippen LogP contribution in [0.4, 0.5) is 0 Å². The number of rotatable bonds is 1. The van der Waals surface area contributed by atoms with Crippen molar-refractivity contribution in [2.75, 3.05) is 0 Å². The number of aromatic nitrogens is 1. The maximum atomic E-state index is 5.66. The minimum atomic E-state index is 0. The van der Waals surface area contributed by atoms with Crippen LogP contribution in [-0.4, -0.2) is 37.8 Å². The van der Waals surface area contributed by atoms with Gasteiger partial charge in [-0.15, -0.1) is 11.6 Å². The number of pyridine rings is 1. The maximum Gasteiger partial charge on any atom is 0.0705 e. The van der Waals surface area contributed by atoms with E-state index in [1.807, 2.05) is 36.4 Å². The molecule has 0 aliphatic carbocycles. The Morgan fingerprint density at radius 2 is 1.33 bits per heavy atom. The molecule has 108 valence electrons. The maximum absolute atomic E-state index is 5.66. The van der Waals surface area contributed by atoms with E-state index >= 15 is 0 Å². The van der Waals surface area contributed by atoms with Gasteiger partial charge in [0.05, 0.1) is 17.1 Å². The van der Waals surface area contributed by atoms with E-state index in [4.69, 9.17) is 11.6 Å². The quantitative estimate of drug-likeness (QED) is 0.537. The second-order valence-electron chi connectivity index (χ2n) is 2.63. The van der Waals surface area contributed by atoms with Crippen molar-refractivity contribution >= 4 is 22.5 Å². The Labute approximate surface area is 109 Å². The molecule has 0 amide bonds. The summed E-state index contributed by atoms with van der Waals surface area (Å²) >= 11 is 5.66. The van der Waals surface area contributed by atoms with Crippen molar-refractivity contribution < 1.29 is 32.9 Å². The van der Waals surface area contributed by atoms with Crippen molar-refractivity contribution in [3.8, 4) is 0 Å². The van der Waals surface area contributed by atoms with Crippen LogP contribution in [0.2, 0.25) is 0 Å². The van der Waals surface area contributed by atoms with Crippen molar-refractivity contribution in [1.29, 1.82) is 0 Å². The number of alkyl halides is 1. The highest BCUT2D eigenvalue weighted by molar-refractivity contribution is 6.16. The second-order valence-corrected chi connectivity index (χ2v) is 2.90. The third kappa shape index (κ3) is 6.42. The monoisotopic (exact) mass is 285 g/mol. The number of benzene rings is 1. The molecular weight excluding hydrogens is 266 g/mol. The third-order valence-corrected chi connectivity index (χ3v) is 2.07. The fourth-order valence-corrected chi connectivity index (χ4v) is 1.33. The van der Waals surface area contributed by atoms with Gasteiger partial charge in [-0.1, -0.05) is 24.3 Å². The van der Waals surface area contributed by atoms with Crippen LogP contribution in [0.25, 0.3) is 10.9 Å². The van der Waals surface area contributed by atoms with Crippen LogP contribution in [-0.2, 0) is 5.88 Å². The molecule has 0 saturated heterocycles. The lowest BCUT2D eigenvalue weighted by molar-refractivity contribution is 0.823. The van der Waals surface area contributed by atoms with Gasteiger partial charge in [0.2, 0.25) is 0 Å². The van der Waals surface area contributed by atoms with Gasteiger partial charge in [0.15, 0.2) is 0 Å². The molecule has 0 fully saturated rings. The molecule has 2 rings (SSSR count). The Balaban J connectivity index is -0.0000000939. The van der Waals surface area contributed by atoms with Gasteiger partial charge in [-0.3, -0.25) is 4.98 Å². The number of fused-ring (bicyclic) bond motifs is 1. The smallest absolute Gasteiger partial charge is 0.0705 e. The van der Waals surface area contributed by atoms with Crippen molar-refractivity contribution in [1.82, 2.24) is 4.98 Å². The minimum absolute atomic E-state index is 0. The SMILES string of the molecule is ClCc1ccc2ccccc2n1.O.O.O.O.O.O. The molecule has 0 spiro atoms. The van der Waals surface area contributed by atoms with E-state index in [2.05, 4.69) is 4.98 Å². The van der Waals surface area contributed by atoms with E-state index in [9.17, 15) is 0 Å². The fraction of sp³-hybridized carbons (Fsp3) is 0.100. The van der Waals surface area contributed by atoms with Gasteiger partial charge in [0.25, 0.3) is 0 Å². The Bertz CT molecular complexity index is 414. The predicted molar refractivity (Wildman–Crippen MR) is 73.0 cm³/mol. The highest BCUT2D eigenvalue weighted by Gasteiger charge is 1.94. The summed E-state index contributed by atoms with van der Waals surface area (Å²) in [5.41, 5.74) is 1.94. The molecule has 0 radical (unpaired) electrons. The second kappa shape index (κ2) is 13.7. The number of para-hydroxylation sites is 1. The summed E-state index contributed by atoms with van der Waals surface area (Å²) in [5, 5.41) is 1.16. The summed E-state index contributed by atoms with van der Waals surface area (Å²) in [6, 6.07) is 12.0. The molecule has 0 saturated carbocycles. The molecule has 18 heavy (non-hydrogen) atoms. The van der Waals surface area contributed by atoms with Crippen molar-refractivity contribution in [2.45, 2.75) is 5.88 Å². The topological polar surface area (TPSA) is 202 Å². The van der Waals surface area contributed by atoms with Crippen LogP contribution < -0.4 is 0 Å². The number of hydrogen-bond acceptors (Lipinski definition) is 1. The molecule has 12 N–H and O–H groups in total. The lowest BCUT2D eigenvalue weighted by Gasteiger charge is -1.97. The summed E-state index contributed by atoms with van der Waals surface area (Å²) in [6.45, 7) is 0. The van der Waals surface area contributed by atoms with E-state index in [1.165, 1.54) is 0 Å². The average Bonchev–Trinajstić information content (AvgIpc) is 2.17.